The molecule has 4 nitrogen and oxygen atoms in total. The summed E-state index contributed by atoms with van der Waals surface area (Å²) in [4.78, 5) is 12.4. The summed E-state index contributed by atoms with van der Waals surface area (Å²) in [6.07, 6.45) is 2.44. The molecule has 0 fully saturated rings. The van der Waals surface area contributed by atoms with Crippen molar-refractivity contribution in [1.29, 1.82) is 0 Å². The van der Waals surface area contributed by atoms with Gasteiger partial charge in [-0.1, -0.05) is 0 Å². The van der Waals surface area contributed by atoms with E-state index in [1.807, 2.05) is 65.9 Å². The van der Waals surface area contributed by atoms with Crippen LogP contribution in [-0.4, -0.2) is 35.3 Å². The molecular weight excluding hydrogens is 367 g/mol. The van der Waals surface area contributed by atoms with E-state index in [1.165, 1.54) is 9.82 Å². The minimum absolute atomic E-state index is 0.0604. The van der Waals surface area contributed by atoms with Crippen molar-refractivity contribution in [2.75, 3.05) is 0 Å². The number of aryl methyl sites for hydroxylation is 2. The Bertz CT molecular complexity index is 920. The molecule has 0 N–H and O–H groups in total. The first-order chi connectivity index (χ1) is 11.5. The zero-order chi connectivity index (χ0) is 17.1. The third-order valence-electron chi connectivity index (χ3n) is 3.92. The van der Waals surface area contributed by atoms with E-state index in [2.05, 4.69) is 0 Å². The van der Waals surface area contributed by atoms with Gasteiger partial charge in [-0.05, 0) is 0 Å². The van der Waals surface area contributed by atoms with Crippen molar-refractivity contribution in [3.8, 4) is 0 Å². The first-order valence-electron chi connectivity index (χ1n) is 8.03. The second-order valence-corrected chi connectivity index (χ2v) is 8.30. The fourth-order valence-electron chi connectivity index (χ4n) is 2.46. The van der Waals surface area contributed by atoms with Gasteiger partial charge in [0, 0.05) is 0 Å². The van der Waals surface area contributed by atoms with E-state index < -0.39 is 0 Å². The Kier molecular flexibility index (Phi) is 5.03. The number of hydroxylamine groups is 1. The van der Waals surface area contributed by atoms with E-state index >= 15 is 0 Å². The van der Waals surface area contributed by atoms with E-state index in [0.29, 0.717) is 0 Å². The van der Waals surface area contributed by atoms with Crippen LogP contribution in [0.15, 0.2) is 53.3 Å². The fraction of sp³-hybridized carbons (Fsp3) is 0.263. The summed E-state index contributed by atoms with van der Waals surface area (Å²) in [5.41, 5.74) is 2.22. The molecule has 0 saturated heterocycles. The Hall–Kier alpha value is -2.10. The summed E-state index contributed by atoms with van der Waals surface area (Å²) < 4.78 is 4.08. The molecule has 3 aromatic rings. The molecule has 0 saturated carbocycles. The van der Waals surface area contributed by atoms with Crippen molar-refractivity contribution in [3.63, 3.8) is 0 Å². The Morgan fingerprint density at radius 3 is 2.54 bits per heavy atom. The van der Waals surface area contributed by atoms with Gasteiger partial charge in [0.2, 0.25) is 0 Å². The van der Waals surface area contributed by atoms with E-state index in [0.717, 1.165) is 28.7 Å². The molecule has 0 bridgehead atoms. The summed E-state index contributed by atoms with van der Waals surface area (Å²) in [5, 5.41) is 12.5. The molecule has 1 aromatic heterocycles. The molecular formula is C19H20N2O2Se. The predicted octanol–water partition coefficient (Wildman–Crippen LogP) is 2.64. The number of aromatic nitrogens is 1. The third kappa shape index (κ3) is 3.69. The molecule has 0 aliphatic carbocycles. The van der Waals surface area contributed by atoms with Crippen LogP contribution in [-0.2, 0) is 13.0 Å². The summed E-state index contributed by atoms with van der Waals surface area (Å²) in [7, 11) is 0. The number of rotatable bonds is 5. The van der Waals surface area contributed by atoms with Crippen molar-refractivity contribution in [2.24, 2.45) is 0 Å². The van der Waals surface area contributed by atoms with E-state index in [1.54, 1.807) is 6.21 Å². The van der Waals surface area contributed by atoms with Gasteiger partial charge in [0.05, 0.1) is 0 Å². The first-order valence-corrected chi connectivity index (χ1v) is 9.65. The van der Waals surface area contributed by atoms with Crippen molar-refractivity contribution in [2.45, 2.75) is 32.9 Å². The number of hydrogen-bond acceptors (Lipinski definition) is 2. The molecule has 0 atom stereocenters. The molecule has 0 aliphatic rings. The van der Waals surface area contributed by atoms with Gasteiger partial charge in [-0.3, -0.25) is 0 Å². The van der Waals surface area contributed by atoms with Crippen molar-refractivity contribution in [3.05, 3.63) is 75.2 Å². The number of hydrogen-bond donors (Lipinski definition) is 0. The Morgan fingerprint density at radius 1 is 1.17 bits per heavy atom. The maximum absolute atomic E-state index is 12.4. The van der Waals surface area contributed by atoms with Crippen LogP contribution in [0.4, 0.5) is 0 Å². The monoisotopic (exact) mass is 388 g/mol. The number of nitrogens with zero attached hydrogens (tertiary/aromatic N) is 2. The number of fused-ring (bicyclic) bond motifs is 1. The molecule has 2 aromatic carbocycles. The van der Waals surface area contributed by atoms with E-state index in [9.17, 15) is 10.0 Å². The zero-order valence-electron chi connectivity index (χ0n) is 13.8. The van der Waals surface area contributed by atoms with Gasteiger partial charge in [-0.15, -0.1) is 0 Å². The quantitative estimate of drug-likeness (QED) is 0.222. The standard InChI is InChI=1S/C19H20N2O2Se/c1-14(2)20(23)13-16-9-7-15(8-10-16)11-12-21-19(22)17-5-3-4-6-18(17)24-21/h3-10,13-14H,11-12H2,1-2H3. The summed E-state index contributed by atoms with van der Waals surface area (Å²) in [5.74, 6) is 0. The third-order valence-corrected chi connectivity index (χ3v) is 6.27. The average Bonchev–Trinajstić information content (AvgIpc) is 2.90. The summed E-state index contributed by atoms with van der Waals surface area (Å²) in [6.45, 7) is 4.46. The van der Waals surface area contributed by atoms with Gasteiger partial charge < -0.3 is 0 Å². The van der Waals surface area contributed by atoms with Gasteiger partial charge in [0.15, 0.2) is 0 Å². The van der Waals surface area contributed by atoms with Crippen LogP contribution in [0.1, 0.15) is 25.0 Å². The Morgan fingerprint density at radius 2 is 1.88 bits per heavy atom. The number of benzene rings is 2. The maximum atomic E-state index is 12.4. The SMILES string of the molecule is CC(C)[N+]([O-])=Cc1ccc(CCn2[se]c3ccccc3c2=O)cc1. The van der Waals surface area contributed by atoms with Gasteiger partial charge in [-0.25, -0.2) is 0 Å². The molecule has 124 valence electrons. The summed E-state index contributed by atoms with van der Waals surface area (Å²) >= 11 is 0.0850. The molecule has 5 heteroatoms. The van der Waals surface area contributed by atoms with Crippen LogP contribution in [0, 0.1) is 5.21 Å². The van der Waals surface area contributed by atoms with Crippen molar-refractivity contribution < 1.29 is 4.74 Å². The topological polar surface area (TPSA) is 48.1 Å². The summed E-state index contributed by atoms with van der Waals surface area (Å²) in [6, 6.07) is 15.8. The zero-order valence-corrected chi connectivity index (χ0v) is 15.5. The molecule has 3 rings (SSSR count). The van der Waals surface area contributed by atoms with Crippen LogP contribution in [0.2, 0.25) is 0 Å². The van der Waals surface area contributed by atoms with E-state index in [-0.39, 0.29) is 26.3 Å². The molecule has 1 heterocycles. The molecule has 0 aliphatic heterocycles. The molecule has 24 heavy (non-hydrogen) atoms. The van der Waals surface area contributed by atoms with Gasteiger partial charge >= 0.3 is 147 Å². The first kappa shape index (κ1) is 16.7. The molecule has 0 unspecified atom stereocenters. The average molecular weight is 387 g/mol. The van der Waals surface area contributed by atoms with Gasteiger partial charge in [0.25, 0.3) is 0 Å². The van der Waals surface area contributed by atoms with E-state index in [4.69, 9.17) is 0 Å². The molecule has 0 spiro atoms. The van der Waals surface area contributed by atoms with Crippen LogP contribution in [0.3, 0.4) is 0 Å². The predicted molar refractivity (Wildman–Crippen MR) is 99.2 cm³/mol. The van der Waals surface area contributed by atoms with Crippen molar-refractivity contribution >= 4 is 30.6 Å². The normalized spacial score (nSPS) is 12.2. The Balaban J connectivity index is 1.71. The Labute approximate surface area is 147 Å². The van der Waals surface area contributed by atoms with Gasteiger partial charge in [0.1, 0.15) is 0 Å². The molecule has 0 amide bonds. The van der Waals surface area contributed by atoms with Crippen LogP contribution < -0.4 is 5.56 Å². The van der Waals surface area contributed by atoms with Crippen molar-refractivity contribution in [1.82, 2.24) is 3.56 Å². The molecule has 0 radical (unpaired) electrons. The fourth-order valence-corrected chi connectivity index (χ4v) is 4.55. The van der Waals surface area contributed by atoms with Gasteiger partial charge in [-0.2, -0.15) is 0 Å². The second kappa shape index (κ2) is 7.20. The van der Waals surface area contributed by atoms with Crippen LogP contribution >= 0.6 is 0 Å². The van der Waals surface area contributed by atoms with Crippen LogP contribution in [0.25, 0.3) is 9.65 Å². The van der Waals surface area contributed by atoms with Crippen LogP contribution in [0.5, 0.6) is 0 Å². The minimum atomic E-state index is -0.0604. The second-order valence-electron chi connectivity index (χ2n) is 6.07.